The average molecular weight is 315 g/mol. The maximum atomic E-state index is 12.1. The monoisotopic (exact) mass is 314 g/mol. The molecule has 1 fully saturated rings. The minimum absolute atomic E-state index is 0.203. The van der Waals surface area contributed by atoms with E-state index in [1.165, 1.54) is 11.4 Å². The molecule has 6 nitrogen and oxygen atoms in total. The molecule has 0 saturated carbocycles. The molecule has 114 valence electrons. The second kappa shape index (κ2) is 8.39. The smallest absolute Gasteiger partial charge is 0.279 e. The molecule has 0 amide bonds. The van der Waals surface area contributed by atoms with Gasteiger partial charge in [-0.25, -0.2) is 0 Å². The molecule has 2 unspecified atom stereocenters. The third kappa shape index (κ3) is 5.53. The fourth-order valence-electron chi connectivity index (χ4n) is 2.06. The van der Waals surface area contributed by atoms with E-state index >= 15 is 0 Å². The van der Waals surface area contributed by atoms with Crippen molar-refractivity contribution in [2.75, 3.05) is 46.3 Å². The quantitative estimate of drug-likeness (QED) is 0.660. The molecule has 1 rings (SSSR count). The Kier molecular flexibility index (Phi) is 7.56. The van der Waals surface area contributed by atoms with Gasteiger partial charge < -0.3 is 9.47 Å². The molecule has 0 radical (unpaired) electrons. The molecular weight excluding hydrogens is 292 g/mol. The van der Waals surface area contributed by atoms with Crippen molar-refractivity contribution < 1.29 is 17.9 Å². The van der Waals surface area contributed by atoms with Crippen LogP contribution in [0.5, 0.6) is 0 Å². The van der Waals surface area contributed by atoms with Crippen molar-refractivity contribution >= 4 is 21.8 Å². The van der Waals surface area contributed by atoms with Crippen molar-refractivity contribution in [2.45, 2.75) is 18.9 Å². The highest BCUT2D eigenvalue weighted by molar-refractivity contribution is 7.87. The van der Waals surface area contributed by atoms with Crippen molar-refractivity contribution in [2.24, 2.45) is 5.92 Å². The van der Waals surface area contributed by atoms with Crippen LogP contribution in [0.15, 0.2) is 0 Å². The van der Waals surface area contributed by atoms with Crippen LogP contribution in [0.1, 0.15) is 12.8 Å². The second-order valence-electron chi connectivity index (χ2n) is 4.69. The number of hydrogen-bond donors (Lipinski definition) is 1. The van der Waals surface area contributed by atoms with Crippen molar-refractivity contribution in [1.82, 2.24) is 9.03 Å². The molecule has 1 heterocycles. The summed E-state index contributed by atoms with van der Waals surface area (Å²) in [5, 5.41) is 0. The lowest BCUT2D eigenvalue weighted by Gasteiger charge is -2.31. The molecule has 0 bridgehead atoms. The first-order valence-electron chi connectivity index (χ1n) is 6.36. The Balaban J connectivity index is 2.50. The van der Waals surface area contributed by atoms with E-state index in [4.69, 9.17) is 21.1 Å². The second-order valence-corrected chi connectivity index (χ2v) is 6.75. The van der Waals surface area contributed by atoms with Gasteiger partial charge in [-0.3, -0.25) is 0 Å². The fraction of sp³-hybridized carbons (Fsp3) is 1.00. The van der Waals surface area contributed by atoms with Gasteiger partial charge in [0.05, 0.1) is 12.7 Å². The van der Waals surface area contributed by atoms with E-state index in [1.54, 1.807) is 7.11 Å². The maximum Gasteiger partial charge on any atom is 0.279 e. The van der Waals surface area contributed by atoms with Crippen LogP contribution in [0, 0.1) is 5.92 Å². The first kappa shape index (κ1) is 17.1. The molecule has 0 aromatic carbocycles. The van der Waals surface area contributed by atoms with E-state index in [0.717, 1.165) is 12.8 Å². The molecule has 1 aliphatic rings. The van der Waals surface area contributed by atoms with Crippen LogP contribution in [0.4, 0.5) is 0 Å². The molecule has 2 atom stereocenters. The van der Waals surface area contributed by atoms with E-state index in [-0.39, 0.29) is 18.6 Å². The lowest BCUT2D eigenvalue weighted by molar-refractivity contribution is 0.0317. The van der Waals surface area contributed by atoms with Gasteiger partial charge in [-0.1, -0.05) is 0 Å². The average Bonchev–Trinajstić information content (AvgIpc) is 2.43. The van der Waals surface area contributed by atoms with Crippen molar-refractivity contribution in [3.8, 4) is 0 Å². The Hall–Kier alpha value is 0.0800. The molecule has 0 spiro atoms. The summed E-state index contributed by atoms with van der Waals surface area (Å²) in [6, 6.07) is 0. The largest absolute Gasteiger partial charge is 0.382 e. The highest BCUT2D eigenvalue weighted by Crippen LogP contribution is 2.19. The highest BCUT2D eigenvalue weighted by atomic mass is 35.5. The third-order valence-electron chi connectivity index (χ3n) is 3.22. The standard InChI is InChI=1S/C11H23ClN2O4S/c1-17-9-11(18-2)7-13-19(15,16)14-5-3-4-10(6-12)8-14/h10-11,13H,3-9H2,1-2H3. The first-order valence-corrected chi connectivity index (χ1v) is 8.33. The zero-order valence-electron chi connectivity index (χ0n) is 11.5. The van der Waals surface area contributed by atoms with Crippen molar-refractivity contribution in [3.05, 3.63) is 0 Å². The Labute approximate surface area is 120 Å². The van der Waals surface area contributed by atoms with E-state index in [1.807, 2.05) is 0 Å². The van der Waals surface area contributed by atoms with E-state index in [0.29, 0.717) is 25.6 Å². The van der Waals surface area contributed by atoms with Gasteiger partial charge >= 0.3 is 0 Å². The molecule has 19 heavy (non-hydrogen) atoms. The molecule has 1 aliphatic heterocycles. The van der Waals surface area contributed by atoms with Gasteiger partial charge in [-0.2, -0.15) is 17.4 Å². The zero-order valence-corrected chi connectivity index (χ0v) is 13.0. The van der Waals surface area contributed by atoms with Gasteiger partial charge in [0.2, 0.25) is 0 Å². The number of nitrogens with one attached hydrogen (secondary N) is 1. The highest BCUT2D eigenvalue weighted by Gasteiger charge is 2.28. The van der Waals surface area contributed by atoms with Crippen LogP contribution >= 0.6 is 11.6 Å². The molecule has 0 aromatic heterocycles. The van der Waals surface area contributed by atoms with Crippen LogP contribution in [0.2, 0.25) is 0 Å². The number of alkyl halides is 1. The van der Waals surface area contributed by atoms with Crippen LogP contribution in [0.3, 0.4) is 0 Å². The van der Waals surface area contributed by atoms with Gasteiger partial charge in [0.25, 0.3) is 10.2 Å². The molecular formula is C11H23ClN2O4S. The molecule has 1 N–H and O–H groups in total. The van der Waals surface area contributed by atoms with E-state index in [9.17, 15) is 8.42 Å². The lowest BCUT2D eigenvalue weighted by Crippen LogP contribution is -2.48. The van der Waals surface area contributed by atoms with E-state index < -0.39 is 10.2 Å². The van der Waals surface area contributed by atoms with Gasteiger partial charge in [0.15, 0.2) is 0 Å². The predicted octanol–water partition coefficient (Wildman–Crippen LogP) is 0.433. The predicted molar refractivity (Wildman–Crippen MR) is 74.6 cm³/mol. The Morgan fingerprint density at radius 2 is 2.21 bits per heavy atom. The van der Waals surface area contributed by atoms with Gasteiger partial charge in [-0.05, 0) is 18.8 Å². The number of rotatable bonds is 8. The van der Waals surface area contributed by atoms with Crippen LogP contribution < -0.4 is 4.72 Å². The molecule has 0 aromatic rings. The molecule has 1 saturated heterocycles. The summed E-state index contributed by atoms with van der Waals surface area (Å²) in [6.45, 7) is 1.59. The van der Waals surface area contributed by atoms with Crippen molar-refractivity contribution in [3.63, 3.8) is 0 Å². The topological polar surface area (TPSA) is 67.9 Å². The number of hydrogen-bond acceptors (Lipinski definition) is 4. The van der Waals surface area contributed by atoms with E-state index in [2.05, 4.69) is 4.72 Å². The Morgan fingerprint density at radius 3 is 2.79 bits per heavy atom. The number of ether oxygens (including phenoxy) is 2. The number of piperidine rings is 1. The Bertz CT molecular complexity index is 353. The summed E-state index contributed by atoms with van der Waals surface area (Å²) in [5.41, 5.74) is 0. The van der Waals surface area contributed by atoms with Gasteiger partial charge in [-0.15, -0.1) is 11.6 Å². The zero-order chi connectivity index (χ0) is 14.3. The Morgan fingerprint density at radius 1 is 1.47 bits per heavy atom. The summed E-state index contributed by atoms with van der Waals surface area (Å²) in [7, 11) is -0.379. The summed E-state index contributed by atoms with van der Waals surface area (Å²) < 4.78 is 38.4. The van der Waals surface area contributed by atoms with Crippen molar-refractivity contribution in [1.29, 1.82) is 0 Å². The molecule has 0 aliphatic carbocycles. The SMILES string of the molecule is COCC(CNS(=O)(=O)N1CCCC(CCl)C1)OC. The van der Waals surface area contributed by atoms with Gasteiger partial charge in [0.1, 0.15) is 0 Å². The van der Waals surface area contributed by atoms with Gasteiger partial charge in [0, 0.05) is 39.7 Å². The third-order valence-corrected chi connectivity index (χ3v) is 5.20. The summed E-state index contributed by atoms with van der Waals surface area (Å²) in [6.07, 6.45) is 1.55. The first-order chi connectivity index (χ1) is 9.03. The summed E-state index contributed by atoms with van der Waals surface area (Å²) in [4.78, 5) is 0. The maximum absolute atomic E-state index is 12.1. The van der Waals surface area contributed by atoms with Crippen LogP contribution in [-0.2, 0) is 19.7 Å². The van der Waals surface area contributed by atoms with Crippen LogP contribution in [0.25, 0.3) is 0 Å². The normalized spacial score (nSPS) is 23.4. The number of halogens is 1. The summed E-state index contributed by atoms with van der Waals surface area (Å²) >= 11 is 5.81. The van der Waals surface area contributed by atoms with Crippen LogP contribution in [-0.4, -0.2) is 65.2 Å². The lowest BCUT2D eigenvalue weighted by atomic mass is 10.0. The number of nitrogens with zero attached hydrogens (tertiary/aromatic N) is 1. The molecule has 8 heteroatoms. The minimum atomic E-state index is -3.46. The number of methoxy groups -OCH3 is 2. The minimum Gasteiger partial charge on any atom is -0.382 e. The summed E-state index contributed by atoms with van der Waals surface area (Å²) in [5.74, 6) is 0.736. The fourth-order valence-corrected chi connectivity index (χ4v) is 3.66.